The summed E-state index contributed by atoms with van der Waals surface area (Å²) in [5.41, 5.74) is 0. The highest BCUT2D eigenvalue weighted by Crippen LogP contribution is 2.33. The molecule has 6 heteroatoms. The van der Waals surface area contributed by atoms with Crippen molar-refractivity contribution in [2.24, 2.45) is 0 Å². The Bertz CT molecular complexity index is 470. The van der Waals surface area contributed by atoms with Gasteiger partial charge in [0.2, 0.25) is 0 Å². The van der Waals surface area contributed by atoms with Crippen molar-refractivity contribution in [2.75, 3.05) is 12.9 Å². The Morgan fingerprint density at radius 2 is 2.07 bits per heavy atom. The Kier molecular flexibility index (Phi) is 3.72. The molecule has 0 N–H and O–H groups in total. The van der Waals surface area contributed by atoms with Crippen molar-refractivity contribution in [3.63, 3.8) is 0 Å². The summed E-state index contributed by atoms with van der Waals surface area (Å²) in [5.74, 6) is -0.466. The molecule has 0 spiro atoms. The summed E-state index contributed by atoms with van der Waals surface area (Å²) >= 11 is 3.02. The van der Waals surface area contributed by atoms with Crippen LogP contribution in [0.3, 0.4) is 0 Å². The summed E-state index contributed by atoms with van der Waals surface area (Å²) in [4.78, 5) is -0.367. The standard InChI is InChI=1S/C9H10BrFO3S/c1-3-14-7-5-4-6(11)9(8(7)10)15(2,12)13/h4-5H,3H2,1-2H3. The topological polar surface area (TPSA) is 43.4 Å². The molecule has 0 aliphatic rings. The maximum Gasteiger partial charge on any atom is 0.179 e. The van der Waals surface area contributed by atoms with Gasteiger partial charge in [0.05, 0.1) is 11.1 Å². The van der Waals surface area contributed by atoms with Crippen LogP contribution in [0.4, 0.5) is 4.39 Å². The van der Waals surface area contributed by atoms with Gasteiger partial charge < -0.3 is 4.74 Å². The third-order valence-electron chi connectivity index (χ3n) is 1.68. The quantitative estimate of drug-likeness (QED) is 0.860. The summed E-state index contributed by atoms with van der Waals surface area (Å²) in [6, 6.07) is 2.46. The first-order valence-electron chi connectivity index (χ1n) is 4.18. The van der Waals surface area contributed by atoms with Crippen molar-refractivity contribution in [3.8, 4) is 5.75 Å². The Hall–Kier alpha value is -0.620. The first-order chi connectivity index (χ1) is 6.88. The monoisotopic (exact) mass is 296 g/mol. The first kappa shape index (κ1) is 12.4. The van der Waals surface area contributed by atoms with Crippen LogP contribution in [0.2, 0.25) is 0 Å². The molecule has 0 saturated carbocycles. The lowest BCUT2D eigenvalue weighted by Crippen LogP contribution is -2.04. The molecule has 1 aromatic rings. The molecule has 0 unspecified atom stereocenters. The van der Waals surface area contributed by atoms with E-state index in [1.54, 1.807) is 6.92 Å². The average molecular weight is 297 g/mol. The number of halogens is 2. The second-order valence-electron chi connectivity index (χ2n) is 2.89. The van der Waals surface area contributed by atoms with E-state index < -0.39 is 15.7 Å². The third kappa shape index (κ3) is 2.69. The molecule has 0 fully saturated rings. The molecule has 0 aromatic heterocycles. The molecule has 1 aromatic carbocycles. The number of hydrogen-bond donors (Lipinski definition) is 0. The van der Waals surface area contributed by atoms with E-state index in [9.17, 15) is 12.8 Å². The lowest BCUT2D eigenvalue weighted by Gasteiger charge is -2.09. The summed E-state index contributed by atoms with van der Waals surface area (Å²) in [5, 5.41) is 0. The lowest BCUT2D eigenvalue weighted by atomic mass is 10.3. The Balaban J connectivity index is 3.44. The maximum absolute atomic E-state index is 13.3. The van der Waals surface area contributed by atoms with E-state index in [0.717, 1.165) is 12.3 Å². The van der Waals surface area contributed by atoms with Gasteiger partial charge >= 0.3 is 0 Å². The number of rotatable bonds is 3. The van der Waals surface area contributed by atoms with Crippen molar-refractivity contribution in [3.05, 3.63) is 22.4 Å². The second kappa shape index (κ2) is 4.49. The van der Waals surface area contributed by atoms with Crippen molar-refractivity contribution >= 4 is 25.8 Å². The number of ether oxygens (including phenoxy) is 1. The molecule has 3 nitrogen and oxygen atoms in total. The van der Waals surface area contributed by atoms with E-state index in [-0.39, 0.29) is 9.37 Å². The minimum Gasteiger partial charge on any atom is -0.493 e. The van der Waals surface area contributed by atoms with Crippen LogP contribution < -0.4 is 4.74 Å². The smallest absolute Gasteiger partial charge is 0.179 e. The van der Waals surface area contributed by atoms with Crippen LogP contribution in [0.25, 0.3) is 0 Å². The average Bonchev–Trinajstić information content (AvgIpc) is 2.08. The fourth-order valence-corrected chi connectivity index (χ4v) is 3.29. The summed E-state index contributed by atoms with van der Waals surface area (Å²) in [6.07, 6.45) is 0.950. The van der Waals surface area contributed by atoms with Gasteiger partial charge in [0.25, 0.3) is 0 Å². The van der Waals surface area contributed by atoms with E-state index >= 15 is 0 Å². The molecule has 0 saturated heterocycles. The van der Waals surface area contributed by atoms with Crippen LogP contribution in [0.15, 0.2) is 21.5 Å². The van der Waals surface area contributed by atoms with Crippen LogP contribution >= 0.6 is 15.9 Å². The zero-order chi connectivity index (χ0) is 11.6. The fourth-order valence-electron chi connectivity index (χ4n) is 1.12. The first-order valence-corrected chi connectivity index (χ1v) is 6.87. The van der Waals surface area contributed by atoms with Crippen LogP contribution in [-0.2, 0) is 9.84 Å². The molecule has 0 bridgehead atoms. The number of benzene rings is 1. The fraction of sp³-hybridized carbons (Fsp3) is 0.333. The molecule has 0 aliphatic heterocycles. The molecular weight excluding hydrogens is 287 g/mol. The zero-order valence-corrected chi connectivity index (χ0v) is 10.7. The molecular formula is C9H10BrFO3S. The van der Waals surface area contributed by atoms with Crippen molar-refractivity contribution in [2.45, 2.75) is 11.8 Å². The zero-order valence-electron chi connectivity index (χ0n) is 8.25. The minimum atomic E-state index is -3.61. The molecule has 0 radical (unpaired) electrons. The predicted octanol–water partition coefficient (Wildman–Crippen LogP) is 2.39. The van der Waals surface area contributed by atoms with Crippen LogP contribution in [-0.4, -0.2) is 21.3 Å². The van der Waals surface area contributed by atoms with Crippen LogP contribution in [0.5, 0.6) is 5.75 Å². The highest BCUT2D eigenvalue weighted by Gasteiger charge is 2.20. The van der Waals surface area contributed by atoms with Gasteiger partial charge in [0, 0.05) is 6.26 Å². The Morgan fingerprint density at radius 1 is 1.47 bits per heavy atom. The largest absolute Gasteiger partial charge is 0.493 e. The van der Waals surface area contributed by atoms with E-state index in [1.807, 2.05) is 0 Å². The highest BCUT2D eigenvalue weighted by molar-refractivity contribution is 9.10. The molecule has 1 rings (SSSR count). The second-order valence-corrected chi connectivity index (χ2v) is 5.64. The third-order valence-corrected chi connectivity index (χ3v) is 3.87. The molecule has 0 aliphatic carbocycles. The number of sulfone groups is 1. The van der Waals surface area contributed by atoms with Gasteiger partial charge in [-0.1, -0.05) is 0 Å². The van der Waals surface area contributed by atoms with Crippen LogP contribution in [0, 0.1) is 5.82 Å². The van der Waals surface area contributed by atoms with Crippen molar-refractivity contribution < 1.29 is 17.5 Å². The molecule has 0 heterocycles. The van der Waals surface area contributed by atoms with Gasteiger partial charge in [-0.3, -0.25) is 0 Å². The molecule has 84 valence electrons. The minimum absolute atomic E-state index is 0.131. The van der Waals surface area contributed by atoms with Gasteiger partial charge in [-0.25, -0.2) is 12.8 Å². The molecule has 0 atom stereocenters. The summed E-state index contributed by atoms with van der Waals surface area (Å²) in [6.45, 7) is 2.14. The van der Waals surface area contributed by atoms with E-state index in [0.29, 0.717) is 12.4 Å². The maximum atomic E-state index is 13.3. The van der Waals surface area contributed by atoms with Crippen molar-refractivity contribution in [1.82, 2.24) is 0 Å². The van der Waals surface area contributed by atoms with Crippen molar-refractivity contribution in [1.29, 1.82) is 0 Å². The Morgan fingerprint density at radius 3 is 2.53 bits per heavy atom. The highest BCUT2D eigenvalue weighted by atomic mass is 79.9. The van der Waals surface area contributed by atoms with E-state index in [2.05, 4.69) is 15.9 Å². The Labute approximate surface area is 96.3 Å². The molecule has 15 heavy (non-hydrogen) atoms. The van der Waals surface area contributed by atoms with Gasteiger partial charge in [-0.2, -0.15) is 0 Å². The normalized spacial score (nSPS) is 11.5. The predicted molar refractivity (Wildman–Crippen MR) is 58.4 cm³/mol. The van der Waals surface area contributed by atoms with Gasteiger partial charge in [0.1, 0.15) is 16.5 Å². The summed E-state index contributed by atoms with van der Waals surface area (Å²) < 4.78 is 41.2. The SMILES string of the molecule is CCOc1ccc(F)c(S(C)(=O)=O)c1Br. The van der Waals surface area contributed by atoms with E-state index in [4.69, 9.17) is 4.74 Å². The summed E-state index contributed by atoms with van der Waals surface area (Å²) in [7, 11) is -3.61. The van der Waals surface area contributed by atoms with Gasteiger partial charge in [-0.15, -0.1) is 0 Å². The number of hydrogen-bond acceptors (Lipinski definition) is 3. The lowest BCUT2D eigenvalue weighted by molar-refractivity contribution is 0.335. The van der Waals surface area contributed by atoms with Gasteiger partial charge in [-0.05, 0) is 35.0 Å². The molecule has 0 amide bonds. The van der Waals surface area contributed by atoms with Crippen LogP contribution in [0.1, 0.15) is 6.92 Å². The van der Waals surface area contributed by atoms with Gasteiger partial charge in [0.15, 0.2) is 9.84 Å². The van der Waals surface area contributed by atoms with E-state index in [1.165, 1.54) is 6.07 Å².